The Morgan fingerprint density at radius 3 is 2.86 bits per heavy atom. The maximum Gasteiger partial charge on any atom is 0.250 e. The van der Waals surface area contributed by atoms with Crippen LogP contribution in [-0.2, 0) is 16.6 Å². The van der Waals surface area contributed by atoms with Gasteiger partial charge in [-0.3, -0.25) is 9.48 Å². The molecule has 1 atom stereocenters. The number of rotatable bonds is 6. The molecular weight excluding hydrogens is 268 g/mol. The first-order chi connectivity index (χ1) is 10.1. The van der Waals surface area contributed by atoms with Gasteiger partial charge in [0.25, 0.3) is 0 Å². The van der Waals surface area contributed by atoms with Crippen LogP contribution in [0.1, 0.15) is 18.5 Å². The molecule has 1 heterocycles. The number of aromatic nitrogens is 2. The lowest BCUT2D eigenvalue weighted by Gasteiger charge is -2.14. The molecule has 21 heavy (non-hydrogen) atoms. The number of hydrogen-bond acceptors (Lipinski definition) is 4. The number of nitrogens with zero attached hydrogens (tertiary/aromatic N) is 2. The van der Waals surface area contributed by atoms with Crippen LogP contribution in [0.5, 0.6) is 0 Å². The van der Waals surface area contributed by atoms with Gasteiger partial charge in [0, 0.05) is 37.3 Å². The van der Waals surface area contributed by atoms with E-state index in [1.165, 1.54) is 7.11 Å². The summed E-state index contributed by atoms with van der Waals surface area (Å²) in [5.74, 6) is -0.171. The first-order valence-corrected chi connectivity index (χ1v) is 6.72. The molecule has 0 saturated heterocycles. The molecule has 6 heteroatoms. The van der Waals surface area contributed by atoms with Crippen LogP contribution in [0.2, 0.25) is 0 Å². The van der Waals surface area contributed by atoms with E-state index in [1.807, 2.05) is 43.7 Å². The van der Waals surface area contributed by atoms with E-state index in [9.17, 15) is 4.79 Å². The van der Waals surface area contributed by atoms with Crippen molar-refractivity contribution in [2.75, 3.05) is 24.4 Å². The molecular formula is C15H20N4O2. The summed E-state index contributed by atoms with van der Waals surface area (Å²) in [5, 5.41) is 10.3. The number of aryl methyl sites for hydroxylation is 1. The Morgan fingerprint density at radius 1 is 1.43 bits per heavy atom. The van der Waals surface area contributed by atoms with E-state index < -0.39 is 0 Å². The molecule has 112 valence electrons. The van der Waals surface area contributed by atoms with E-state index in [0.29, 0.717) is 0 Å². The summed E-state index contributed by atoms with van der Waals surface area (Å²) in [6.07, 6.45) is 3.81. The molecule has 1 unspecified atom stereocenters. The lowest BCUT2D eigenvalue weighted by Crippen LogP contribution is -2.17. The summed E-state index contributed by atoms with van der Waals surface area (Å²) in [4.78, 5) is 11.5. The molecule has 0 fully saturated rings. The molecule has 0 saturated carbocycles. The van der Waals surface area contributed by atoms with Gasteiger partial charge < -0.3 is 15.4 Å². The molecule has 2 rings (SSSR count). The number of benzene rings is 1. The molecule has 0 radical (unpaired) electrons. The van der Waals surface area contributed by atoms with Gasteiger partial charge in [-0.15, -0.1) is 0 Å². The summed E-state index contributed by atoms with van der Waals surface area (Å²) >= 11 is 0. The van der Waals surface area contributed by atoms with Gasteiger partial charge in [0.15, 0.2) is 0 Å². The fourth-order valence-corrected chi connectivity index (χ4v) is 2.01. The van der Waals surface area contributed by atoms with Gasteiger partial charge in [0.05, 0.1) is 12.2 Å². The molecule has 2 aromatic rings. The van der Waals surface area contributed by atoms with Crippen LogP contribution in [0.15, 0.2) is 36.7 Å². The predicted octanol–water partition coefficient (Wildman–Crippen LogP) is 2.18. The van der Waals surface area contributed by atoms with Gasteiger partial charge >= 0.3 is 0 Å². The third-order valence-electron chi connectivity index (χ3n) is 3.03. The molecule has 6 nitrogen and oxygen atoms in total. The van der Waals surface area contributed by atoms with Crippen molar-refractivity contribution in [3.8, 4) is 0 Å². The number of anilines is 2. The minimum Gasteiger partial charge on any atom is -0.378 e. The molecule has 1 aromatic heterocycles. The largest absolute Gasteiger partial charge is 0.378 e. The Balaban J connectivity index is 2.02. The van der Waals surface area contributed by atoms with Crippen LogP contribution in [0, 0.1) is 0 Å². The third kappa shape index (κ3) is 4.32. The molecule has 1 amide bonds. The highest BCUT2D eigenvalue weighted by Gasteiger charge is 2.08. The van der Waals surface area contributed by atoms with Gasteiger partial charge in [-0.05, 0) is 25.1 Å². The van der Waals surface area contributed by atoms with Crippen molar-refractivity contribution >= 4 is 17.3 Å². The van der Waals surface area contributed by atoms with Gasteiger partial charge in [-0.2, -0.15) is 5.10 Å². The van der Waals surface area contributed by atoms with E-state index >= 15 is 0 Å². The van der Waals surface area contributed by atoms with E-state index in [0.717, 1.165) is 16.9 Å². The van der Waals surface area contributed by atoms with Crippen LogP contribution in [0.3, 0.4) is 0 Å². The van der Waals surface area contributed by atoms with Crippen LogP contribution in [0.4, 0.5) is 11.4 Å². The molecule has 0 aliphatic carbocycles. The van der Waals surface area contributed by atoms with Crippen molar-refractivity contribution in [2.45, 2.75) is 13.0 Å². The normalized spacial score (nSPS) is 12.0. The van der Waals surface area contributed by atoms with E-state index in [-0.39, 0.29) is 18.6 Å². The number of amides is 1. The van der Waals surface area contributed by atoms with Crippen LogP contribution in [0.25, 0.3) is 0 Å². The fourth-order valence-electron chi connectivity index (χ4n) is 2.01. The topological polar surface area (TPSA) is 68.2 Å². The van der Waals surface area contributed by atoms with Crippen molar-refractivity contribution in [2.24, 2.45) is 7.05 Å². The lowest BCUT2D eigenvalue weighted by atomic mass is 10.1. The predicted molar refractivity (Wildman–Crippen MR) is 82.2 cm³/mol. The van der Waals surface area contributed by atoms with Gasteiger partial charge in [-0.1, -0.05) is 6.07 Å². The number of carbonyl (C=O) groups is 1. The Labute approximate surface area is 124 Å². The van der Waals surface area contributed by atoms with E-state index in [1.54, 1.807) is 4.68 Å². The Morgan fingerprint density at radius 2 is 2.19 bits per heavy atom. The Kier molecular flexibility index (Phi) is 4.94. The van der Waals surface area contributed by atoms with Crippen LogP contribution < -0.4 is 10.6 Å². The van der Waals surface area contributed by atoms with Crippen molar-refractivity contribution < 1.29 is 9.53 Å². The number of nitrogens with one attached hydrogen (secondary N) is 2. The van der Waals surface area contributed by atoms with E-state index in [4.69, 9.17) is 4.74 Å². The Bertz CT molecular complexity index is 609. The highest BCUT2D eigenvalue weighted by atomic mass is 16.5. The number of carbonyl (C=O) groups excluding carboxylic acids is 1. The molecule has 0 bridgehead atoms. The smallest absolute Gasteiger partial charge is 0.250 e. The highest BCUT2D eigenvalue weighted by Crippen LogP contribution is 2.21. The van der Waals surface area contributed by atoms with Crippen molar-refractivity contribution in [1.29, 1.82) is 0 Å². The van der Waals surface area contributed by atoms with Gasteiger partial charge in [0.2, 0.25) is 5.91 Å². The van der Waals surface area contributed by atoms with Crippen LogP contribution >= 0.6 is 0 Å². The first kappa shape index (κ1) is 15.1. The van der Waals surface area contributed by atoms with Crippen molar-refractivity contribution in [3.05, 3.63) is 42.2 Å². The highest BCUT2D eigenvalue weighted by molar-refractivity contribution is 5.92. The second kappa shape index (κ2) is 6.90. The second-order valence-corrected chi connectivity index (χ2v) is 4.88. The van der Waals surface area contributed by atoms with Gasteiger partial charge in [0.1, 0.15) is 6.61 Å². The second-order valence-electron chi connectivity index (χ2n) is 4.88. The summed E-state index contributed by atoms with van der Waals surface area (Å²) in [6, 6.07) is 7.71. The fraction of sp³-hybridized carbons (Fsp3) is 0.333. The van der Waals surface area contributed by atoms with E-state index in [2.05, 4.69) is 22.7 Å². The minimum absolute atomic E-state index is 0.0454. The molecule has 0 aliphatic rings. The quantitative estimate of drug-likeness (QED) is 0.855. The molecule has 0 spiro atoms. The maximum atomic E-state index is 11.5. The molecule has 2 N–H and O–H groups in total. The summed E-state index contributed by atoms with van der Waals surface area (Å²) in [6.45, 7) is 2.11. The monoisotopic (exact) mass is 288 g/mol. The molecule has 1 aromatic carbocycles. The zero-order chi connectivity index (χ0) is 15.2. The maximum absolute atomic E-state index is 11.5. The summed E-state index contributed by atoms with van der Waals surface area (Å²) in [7, 11) is 3.38. The van der Waals surface area contributed by atoms with Crippen molar-refractivity contribution in [3.63, 3.8) is 0 Å². The standard InChI is InChI=1S/C15H20N4O2/c1-11(12-8-16-19(2)9-12)17-13-5-4-6-14(7-13)18-15(20)10-21-3/h4-9,11,17H,10H2,1-3H3,(H,18,20). The van der Waals surface area contributed by atoms with Crippen LogP contribution in [-0.4, -0.2) is 29.4 Å². The summed E-state index contributed by atoms with van der Waals surface area (Å²) < 4.78 is 6.57. The zero-order valence-electron chi connectivity index (χ0n) is 12.5. The lowest BCUT2D eigenvalue weighted by molar-refractivity contribution is -0.119. The zero-order valence-corrected chi connectivity index (χ0v) is 12.5. The average molecular weight is 288 g/mol. The number of hydrogen-bond donors (Lipinski definition) is 2. The average Bonchev–Trinajstić information content (AvgIpc) is 2.86. The van der Waals surface area contributed by atoms with Crippen molar-refractivity contribution in [1.82, 2.24) is 9.78 Å². The minimum atomic E-state index is -0.171. The Hall–Kier alpha value is -2.34. The van der Waals surface area contributed by atoms with Gasteiger partial charge in [-0.25, -0.2) is 0 Å². The molecule has 0 aliphatic heterocycles. The number of methoxy groups -OCH3 is 1. The number of ether oxygens (including phenoxy) is 1. The summed E-state index contributed by atoms with van der Waals surface area (Å²) in [5.41, 5.74) is 2.77. The third-order valence-corrected chi connectivity index (χ3v) is 3.03. The first-order valence-electron chi connectivity index (χ1n) is 6.72. The SMILES string of the molecule is COCC(=O)Nc1cccc(NC(C)c2cnn(C)c2)c1.